The zero-order valence-electron chi connectivity index (χ0n) is 18.6. The van der Waals surface area contributed by atoms with Crippen LogP contribution in [0.5, 0.6) is 5.75 Å². The highest BCUT2D eigenvalue weighted by Crippen LogP contribution is 2.17. The fraction of sp³-hybridized carbons (Fsp3) is 0.571. The molecule has 1 aromatic heterocycles. The predicted molar refractivity (Wildman–Crippen MR) is 131 cm³/mol. The van der Waals surface area contributed by atoms with Gasteiger partial charge in [-0.05, 0) is 45.7 Å². The second-order valence-corrected chi connectivity index (χ2v) is 6.94. The molecule has 1 heterocycles. The zero-order valence-corrected chi connectivity index (χ0v) is 21.0. The Hall–Kier alpha value is -1.88. The molecule has 2 aromatic rings. The van der Waals surface area contributed by atoms with Gasteiger partial charge in [0, 0.05) is 26.8 Å². The predicted octanol–water partition coefficient (Wildman–Crippen LogP) is 2.98. The van der Waals surface area contributed by atoms with Crippen molar-refractivity contribution in [1.29, 1.82) is 0 Å². The number of hydrogen-bond acceptors (Lipinski definition) is 5. The third-order valence-electron chi connectivity index (χ3n) is 4.50. The Morgan fingerprint density at radius 2 is 1.97 bits per heavy atom. The minimum absolute atomic E-state index is 0. The van der Waals surface area contributed by atoms with Crippen molar-refractivity contribution in [2.75, 3.05) is 26.3 Å². The lowest BCUT2D eigenvalue weighted by atomic mass is 10.2. The molecule has 0 aliphatic carbocycles. The van der Waals surface area contributed by atoms with E-state index in [1.807, 2.05) is 63.6 Å². The molecular weight excluding hydrogens is 495 g/mol. The van der Waals surface area contributed by atoms with Crippen LogP contribution in [0.2, 0.25) is 0 Å². The van der Waals surface area contributed by atoms with Crippen LogP contribution in [0.1, 0.15) is 37.5 Å². The van der Waals surface area contributed by atoms with Gasteiger partial charge in [0.15, 0.2) is 11.8 Å². The topological polar surface area (TPSA) is 85.6 Å². The van der Waals surface area contributed by atoms with Crippen molar-refractivity contribution >= 4 is 29.9 Å². The summed E-state index contributed by atoms with van der Waals surface area (Å²) in [5, 5.41) is 15.0. The van der Waals surface area contributed by atoms with Crippen LogP contribution >= 0.6 is 24.0 Å². The number of benzene rings is 1. The number of aromatic nitrogens is 3. The van der Waals surface area contributed by atoms with Crippen LogP contribution in [0.4, 0.5) is 0 Å². The lowest BCUT2D eigenvalue weighted by molar-refractivity contribution is 0.145. The van der Waals surface area contributed by atoms with E-state index in [0.717, 1.165) is 55.1 Å². The van der Waals surface area contributed by atoms with Gasteiger partial charge >= 0.3 is 0 Å². The zero-order chi connectivity index (χ0) is 21.1. The van der Waals surface area contributed by atoms with Crippen molar-refractivity contribution in [2.24, 2.45) is 12.0 Å². The molecule has 2 N–H and O–H groups in total. The van der Waals surface area contributed by atoms with Crippen molar-refractivity contribution in [3.8, 4) is 5.75 Å². The van der Waals surface area contributed by atoms with E-state index in [1.165, 1.54) is 0 Å². The molecule has 1 aromatic carbocycles. The third kappa shape index (κ3) is 8.86. The summed E-state index contributed by atoms with van der Waals surface area (Å²) in [7, 11) is 1.95. The number of aliphatic imine (C=N–C) groups is 1. The lowest BCUT2D eigenvalue weighted by Gasteiger charge is -2.19. The molecule has 0 spiro atoms. The van der Waals surface area contributed by atoms with Crippen LogP contribution in [0.25, 0.3) is 0 Å². The fourth-order valence-corrected chi connectivity index (χ4v) is 2.63. The van der Waals surface area contributed by atoms with E-state index in [1.54, 1.807) is 0 Å². The molecule has 30 heavy (non-hydrogen) atoms. The Morgan fingerprint density at radius 3 is 2.63 bits per heavy atom. The van der Waals surface area contributed by atoms with E-state index in [0.29, 0.717) is 13.1 Å². The molecule has 0 saturated carbocycles. The molecule has 168 valence electrons. The van der Waals surface area contributed by atoms with E-state index in [9.17, 15) is 0 Å². The molecule has 0 aliphatic heterocycles. The SMILES string of the molecule is CCOCCCNC(=NCc1nnc(C)n1C)NCC(C)Oc1ccccc1C.I. The average molecular weight is 530 g/mol. The number of halogens is 1. The van der Waals surface area contributed by atoms with Gasteiger partial charge < -0.3 is 24.7 Å². The first kappa shape index (κ1) is 26.2. The number of ether oxygens (including phenoxy) is 2. The number of nitrogens with zero attached hydrogens (tertiary/aromatic N) is 4. The molecule has 0 amide bonds. The lowest BCUT2D eigenvalue weighted by Crippen LogP contribution is -2.42. The average Bonchev–Trinajstić information content (AvgIpc) is 3.03. The maximum Gasteiger partial charge on any atom is 0.191 e. The van der Waals surface area contributed by atoms with Gasteiger partial charge in [0.05, 0.1) is 6.54 Å². The molecule has 8 nitrogen and oxygen atoms in total. The minimum atomic E-state index is -0.0106. The van der Waals surface area contributed by atoms with Crippen molar-refractivity contribution in [1.82, 2.24) is 25.4 Å². The summed E-state index contributed by atoms with van der Waals surface area (Å²) >= 11 is 0. The van der Waals surface area contributed by atoms with E-state index in [2.05, 4.69) is 25.8 Å². The standard InChI is InChI=1S/C21H34N6O2.HI/c1-6-28-13-9-12-22-21(24-15-20-26-25-18(4)27(20)5)23-14-17(3)29-19-11-8-7-10-16(19)2;/h7-8,10-11,17H,6,9,12-15H2,1-5H3,(H2,22,23,24);1H. The Kier molecular flexibility index (Phi) is 12.4. The second-order valence-electron chi connectivity index (χ2n) is 6.94. The van der Waals surface area contributed by atoms with Gasteiger partial charge in [-0.3, -0.25) is 0 Å². The Morgan fingerprint density at radius 1 is 1.20 bits per heavy atom. The number of guanidine groups is 1. The van der Waals surface area contributed by atoms with Gasteiger partial charge in [-0.2, -0.15) is 0 Å². The van der Waals surface area contributed by atoms with Crippen molar-refractivity contribution < 1.29 is 9.47 Å². The summed E-state index contributed by atoms with van der Waals surface area (Å²) < 4.78 is 13.4. The van der Waals surface area contributed by atoms with Gasteiger partial charge in [-0.1, -0.05) is 18.2 Å². The fourth-order valence-electron chi connectivity index (χ4n) is 2.63. The summed E-state index contributed by atoms with van der Waals surface area (Å²) in [5.41, 5.74) is 1.12. The van der Waals surface area contributed by atoms with Crippen molar-refractivity contribution in [3.05, 3.63) is 41.5 Å². The largest absolute Gasteiger partial charge is 0.489 e. The number of nitrogens with one attached hydrogen (secondary N) is 2. The van der Waals surface area contributed by atoms with Crippen LogP contribution in [0.15, 0.2) is 29.3 Å². The molecule has 0 saturated heterocycles. The summed E-state index contributed by atoms with van der Waals surface area (Å²) in [6.45, 7) is 11.3. The summed E-state index contributed by atoms with van der Waals surface area (Å²) in [4.78, 5) is 4.66. The summed E-state index contributed by atoms with van der Waals surface area (Å²) in [6.07, 6.45) is 0.899. The first-order chi connectivity index (χ1) is 14.0. The Bertz CT molecular complexity index is 781. The first-order valence-corrected chi connectivity index (χ1v) is 10.2. The number of rotatable bonds is 11. The van der Waals surface area contributed by atoms with Crippen LogP contribution in [-0.4, -0.2) is 53.1 Å². The molecule has 1 atom stereocenters. The highest BCUT2D eigenvalue weighted by Gasteiger charge is 2.09. The van der Waals surface area contributed by atoms with E-state index in [4.69, 9.17) is 9.47 Å². The first-order valence-electron chi connectivity index (χ1n) is 10.2. The van der Waals surface area contributed by atoms with Crippen LogP contribution in [0.3, 0.4) is 0 Å². The smallest absolute Gasteiger partial charge is 0.191 e. The molecule has 0 radical (unpaired) electrons. The molecule has 1 unspecified atom stereocenters. The van der Waals surface area contributed by atoms with Gasteiger partial charge in [-0.25, -0.2) is 4.99 Å². The van der Waals surface area contributed by atoms with Crippen molar-refractivity contribution in [3.63, 3.8) is 0 Å². The molecule has 0 fully saturated rings. The Balaban J connectivity index is 0.00000450. The van der Waals surface area contributed by atoms with Crippen LogP contribution in [-0.2, 0) is 18.3 Å². The molecular formula is C21H35IN6O2. The minimum Gasteiger partial charge on any atom is -0.489 e. The normalized spacial score (nSPS) is 12.2. The summed E-state index contributed by atoms with van der Waals surface area (Å²) in [5.74, 6) is 3.32. The van der Waals surface area contributed by atoms with Crippen LogP contribution in [0, 0.1) is 13.8 Å². The van der Waals surface area contributed by atoms with Gasteiger partial charge in [0.2, 0.25) is 0 Å². The number of para-hydroxylation sites is 1. The van der Waals surface area contributed by atoms with E-state index >= 15 is 0 Å². The quantitative estimate of drug-likeness (QED) is 0.201. The maximum absolute atomic E-state index is 6.05. The third-order valence-corrected chi connectivity index (χ3v) is 4.50. The van der Waals surface area contributed by atoms with Crippen molar-refractivity contribution in [2.45, 2.75) is 46.8 Å². The number of aryl methyl sites for hydroxylation is 2. The van der Waals surface area contributed by atoms with Crippen LogP contribution < -0.4 is 15.4 Å². The monoisotopic (exact) mass is 530 g/mol. The highest BCUT2D eigenvalue weighted by atomic mass is 127. The maximum atomic E-state index is 6.05. The summed E-state index contributed by atoms with van der Waals surface area (Å²) in [6, 6.07) is 8.03. The van der Waals surface area contributed by atoms with Gasteiger partial charge in [0.1, 0.15) is 24.2 Å². The second kappa shape index (κ2) is 14.2. The highest BCUT2D eigenvalue weighted by molar-refractivity contribution is 14.0. The number of hydrogen-bond donors (Lipinski definition) is 2. The van der Waals surface area contributed by atoms with Gasteiger partial charge in [0.25, 0.3) is 0 Å². The molecule has 0 bridgehead atoms. The molecule has 0 aliphatic rings. The molecule has 2 rings (SSSR count). The van der Waals surface area contributed by atoms with E-state index < -0.39 is 0 Å². The Labute approximate surface area is 196 Å². The van der Waals surface area contributed by atoms with Gasteiger partial charge in [-0.15, -0.1) is 34.2 Å². The van der Waals surface area contributed by atoms with E-state index in [-0.39, 0.29) is 30.1 Å². The molecule has 9 heteroatoms.